The maximum Gasteiger partial charge on any atom is 0.221 e. The third-order valence-corrected chi connectivity index (χ3v) is 4.40. The van der Waals surface area contributed by atoms with Crippen molar-refractivity contribution in [3.05, 3.63) is 70.9 Å². The SMILES string of the molecule is C=C1CC=C(c2ccc(NC(C)=O)cc2)/C1=C/C(C)=C(\C)CCC. The minimum Gasteiger partial charge on any atom is -0.326 e. The molecule has 0 atom stereocenters. The van der Waals surface area contributed by atoms with Gasteiger partial charge in [-0.25, -0.2) is 0 Å². The van der Waals surface area contributed by atoms with E-state index in [1.807, 2.05) is 12.1 Å². The summed E-state index contributed by atoms with van der Waals surface area (Å²) in [7, 11) is 0. The molecular formula is C22H27NO. The Labute approximate surface area is 145 Å². The summed E-state index contributed by atoms with van der Waals surface area (Å²) in [5.74, 6) is -0.0519. The predicted octanol–water partition coefficient (Wildman–Crippen LogP) is 6.05. The van der Waals surface area contributed by atoms with E-state index in [2.05, 4.69) is 57.0 Å². The second kappa shape index (κ2) is 7.96. The zero-order valence-corrected chi connectivity index (χ0v) is 15.2. The van der Waals surface area contributed by atoms with Crippen LogP contribution >= 0.6 is 0 Å². The number of rotatable bonds is 5. The van der Waals surface area contributed by atoms with E-state index in [1.165, 1.54) is 41.2 Å². The number of nitrogens with one attached hydrogen (secondary N) is 1. The van der Waals surface area contributed by atoms with Gasteiger partial charge in [-0.2, -0.15) is 0 Å². The van der Waals surface area contributed by atoms with Gasteiger partial charge in [0.1, 0.15) is 0 Å². The molecule has 1 aliphatic carbocycles. The van der Waals surface area contributed by atoms with Crippen LogP contribution in [0.3, 0.4) is 0 Å². The fourth-order valence-electron chi connectivity index (χ4n) is 2.94. The number of carbonyl (C=O) groups is 1. The van der Waals surface area contributed by atoms with Gasteiger partial charge in [-0.15, -0.1) is 0 Å². The predicted molar refractivity (Wildman–Crippen MR) is 104 cm³/mol. The highest BCUT2D eigenvalue weighted by atomic mass is 16.1. The van der Waals surface area contributed by atoms with E-state index < -0.39 is 0 Å². The largest absolute Gasteiger partial charge is 0.326 e. The van der Waals surface area contributed by atoms with Gasteiger partial charge in [0.15, 0.2) is 0 Å². The second-order valence-electron chi connectivity index (χ2n) is 6.46. The van der Waals surface area contributed by atoms with Crippen LogP contribution in [0.4, 0.5) is 5.69 Å². The highest BCUT2D eigenvalue weighted by molar-refractivity contribution is 5.90. The van der Waals surface area contributed by atoms with Gasteiger partial charge in [0.25, 0.3) is 0 Å². The highest BCUT2D eigenvalue weighted by Gasteiger charge is 2.17. The van der Waals surface area contributed by atoms with Crippen LogP contribution < -0.4 is 5.32 Å². The molecule has 2 rings (SSSR count). The van der Waals surface area contributed by atoms with E-state index in [-0.39, 0.29) is 5.91 Å². The van der Waals surface area contributed by atoms with Gasteiger partial charge in [-0.1, -0.05) is 55.4 Å². The lowest BCUT2D eigenvalue weighted by Gasteiger charge is -2.11. The third kappa shape index (κ3) is 4.35. The summed E-state index contributed by atoms with van der Waals surface area (Å²) in [6.45, 7) is 12.3. The van der Waals surface area contributed by atoms with Crippen LogP contribution in [0.2, 0.25) is 0 Å². The molecule has 0 heterocycles. The van der Waals surface area contributed by atoms with Crippen molar-refractivity contribution in [1.29, 1.82) is 0 Å². The van der Waals surface area contributed by atoms with Gasteiger partial charge in [-0.3, -0.25) is 4.79 Å². The van der Waals surface area contributed by atoms with Gasteiger partial charge in [0, 0.05) is 12.6 Å². The van der Waals surface area contributed by atoms with Gasteiger partial charge in [-0.05, 0) is 61.1 Å². The first-order chi connectivity index (χ1) is 11.4. The fourth-order valence-corrected chi connectivity index (χ4v) is 2.94. The average molecular weight is 321 g/mol. The van der Waals surface area contributed by atoms with Crippen LogP contribution in [0.1, 0.15) is 52.5 Å². The highest BCUT2D eigenvalue weighted by Crippen LogP contribution is 2.37. The van der Waals surface area contributed by atoms with Gasteiger partial charge < -0.3 is 5.32 Å². The Morgan fingerprint density at radius 1 is 1.21 bits per heavy atom. The summed E-state index contributed by atoms with van der Waals surface area (Å²) in [6, 6.07) is 8.01. The zero-order chi connectivity index (χ0) is 17.7. The Kier molecular flexibility index (Phi) is 5.97. The van der Waals surface area contributed by atoms with Crippen LogP contribution in [0.25, 0.3) is 5.57 Å². The lowest BCUT2D eigenvalue weighted by molar-refractivity contribution is -0.114. The minimum absolute atomic E-state index is 0.0519. The van der Waals surface area contributed by atoms with Gasteiger partial charge in [0.05, 0.1) is 0 Å². The van der Waals surface area contributed by atoms with Crippen molar-refractivity contribution >= 4 is 17.2 Å². The van der Waals surface area contributed by atoms with Crippen molar-refractivity contribution in [3.63, 3.8) is 0 Å². The minimum atomic E-state index is -0.0519. The van der Waals surface area contributed by atoms with Crippen molar-refractivity contribution in [2.75, 3.05) is 5.32 Å². The summed E-state index contributed by atoms with van der Waals surface area (Å²) in [4.78, 5) is 11.1. The molecule has 2 nitrogen and oxygen atoms in total. The summed E-state index contributed by atoms with van der Waals surface area (Å²) in [5, 5.41) is 2.81. The fraction of sp³-hybridized carbons (Fsp3) is 0.318. The molecule has 24 heavy (non-hydrogen) atoms. The molecule has 0 saturated carbocycles. The first-order valence-corrected chi connectivity index (χ1v) is 8.57. The molecule has 0 radical (unpaired) electrons. The number of hydrogen-bond acceptors (Lipinski definition) is 1. The topological polar surface area (TPSA) is 29.1 Å². The second-order valence-corrected chi connectivity index (χ2v) is 6.46. The van der Waals surface area contributed by atoms with E-state index in [0.717, 1.165) is 24.1 Å². The first-order valence-electron chi connectivity index (χ1n) is 8.57. The van der Waals surface area contributed by atoms with Crippen molar-refractivity contribution in [3.8, 4) is 0 Å². The standard InChI is InChI=1S/C22H27NO/c1-6-7-15(2)17(4)14-22-16(3)8-13-21(22)19-9-11-20(12-10-19)23-18(5)24/h9-14H,3,6-8H2,1-2,4-5H3,(H,23,24)/b17-15+,22-14+. The Morgan fingerprint density at radius 2 is 1.88 bits per heavy atom. The monoisotopic (exact) mass is 321 g/mol. The summed E-state index contributed by atoms with van der Waals surface area (Å²) < 4.78 is 0. The number of allylic oxidation sites excluding steroid dienone is 7. The Bertz CT molecular complexity index is 730. The smallest absolute Gasteiger partial charge is 0.221 e. The molecule has 0 bridgehead atoms. The van der Waals surface area contributed by atoms with Crippen molar-refractivity contribution in [2.45, 2.75) is 47.0 Å². The molecular weight excluding hydrogens is 294 g/mol. The lowest BCUT2D eigenvalue weighted by Crippen LogP contribution is -2.05. The van der Waals surface area contributed by atoms with E-state index >= 15 is 0 Å². The van der Waals surface area contributed by atoms with Crippen LogP contribution in [0.15, 0.2) is 65.3 Å². The maximum atomic E-state index is 11.1. The molecule has 1 aromatic carbocycles. The Morgan fingerprint density at radius 3 is 2.46 bits per heavy atom. The summed E-state index contributed by atoms with van der Waals surface area (Å²) in [6.07, 6.45) is 7.71. The van der Waals surface area contributed by atoms with Crippen LogP contribution in [-0.4, -0.2) is 5.91 Å². The number of amides is 1. The molecule has 0 saturated heterocycles. The Hall–Kier alpha value is -2.35. The van der Waals surface area contributed by atoms with Crippen LogP contribution in [0, 0.1) is 0 Å². The van der Waals surface area contributed by atoms with Crippen molar-refractivity contribution < 1.29 is 4.79 Å². The molecule has 1 aliphatic rings. The van der Waals surface area contributed by atoms with Crippen molar-refractivity contribution in [1.82, 2.24) is 0 Å². The molecule has 0 spiro atoms. The van der Waals surface area contributed by atoms with E-state index in [0.29, 0.717) is 0 Å². The normalized spacial score (nSPS) is 16.9. The van der Waals surface area contributed by atoms with Crippen LogP contribution in [0.5, 0.6) is 0 Å². The Balaban J connectivity index is 2.30. The number of carbonyl (C=O) groups excluding carboxylic acids is 1. The number of benzene rings is 1. The molecule has 0 unspecified atom stereocenters. The lowest BCUT2D eigenvalue weighted by atomic mass is 9.95. The number of anilines is 1. The molecule has 0 aliphatic heterocycles. The average Bonchev–Trinajstić information content (AvgIpc) is 2.89. The van der Waals surface area contributed by atoms with Crippen molar-refractivity contribution in [2.24, 2.45) is 0 Å². The zero-order valence-electron chi connectivity index (χ0n) is 15.2. The van der Waals surface area contributed by atoms with Gasteiger partial charge >= 0.3 is 0 Å². The molecule has 1 aromatic rings. The van der Waals surface area contributed by atoms with Crippen LogP contribution in [-0.2, 0) is 4.79 Å². The van der Waals surface area contributed by atoms with Gasteiger partial charge in [0.2, 0.25) is 5.91 Å². The first kappa shape index (κ1) is 18.0. The molecule has 1 amide bonds. The molecule has 0 fully saturated rings. The molecule has 0 aromatic heterocycles. The third-order valence-electron chi connectivity index (χ3n) is 4.40. The maximum absolute atomic E-state index is 11.1. The van der Waals surface area contributed by atoms with E-state index in [4.69, 9.17) is 0 Å². The van der Waals surface area contributed by atoms with E-state index in [1.54, 1.807) is 0 Å². The quantitative estimate of drug-likeness (QED) is 0.702. The molecule has 1 N–H and O–H groups in total. The number of hydrogen-bond donors (Lipinski definition) is 1. The summed E-state index contributed by atoms with van der Waals surface area (Å²) >= 11 is 0. The summed E-state index contributed by atoms with van der Waals surface area (Å²) in [5.41, 5.74) is 8.38. The molecule has 126 valence electrons. The molecule has 2 heteroatoms. The van der Waals surface area contributed by atoms with E-state index in [9.17, 15) is 4.79 Å².